The molecule has 0 aliphatic heterocycles. The molecule has 0 amide bonds. The van der Waals surface area contributed by atoms with Crippen LogP contribution in [0.25, 0.3) is 0 Å². The topological polar surface area (TPSA) is 49.5 Å². The predicted molar refractivity (Wildman–Crippen MR) is 43.2 cm³/mol. The van der Waals surface area contributed by atoms with Gasteiger partial charge in [-0.25, -0.2) is 8.78 Å². The number of nitrogens with two attached hydrogens (primary N) is 1. The second kappa shape index (κ2) is 7.39. The predicted octanol–water partition coefficient (Wildman–Crippen LogP) is -0.105. The molecule has 3 nitrogen and oxygen atoms in total. The fraction of sp³-hybridized carbons (Fsp3) is 1.00. The summed E-state index contributed by atoms with van der Waals surface area (Å²) in [7, 11) is 0. The standard InChI is InChI=1S/C7H16F2N2O/c8-7(9)6-11(4-5-12)3-1-2-10/h7,12H,1-6,10H2. The second-order valence-electron chi connectivity index (χ2n) is 2.56. The molecule has 0 radical (unpaired) electrons. The summed E-state index contributed by atoms with van der Waals surface area (Å²) in [5.41, 5.74) is 5.23. The lowest BCUT2D eigenvalue weighted by atomic mass is 10.3. The van der Waals surface area contributed by atoms with Gasteiger partial charge in [0.25, 0.3) is 6.43 Å². The highest BCUT2D eigenvalue weighted by molar-refractivity contribution is 4.58. The number of aliphatic hydroxyl groups excluding tert-OH is 1. The molecule has 0 saturated heterocycles. The molecule has 12 heavy (non-hydrogen) atoms. The van der Waals surface area contributed by atoms with Crippen LogP contribution in [-0.4, -0.2) is 49.2 Å². The summed E-state index contributed by atoms with van der Waals surface area (Å²) in [4.78, 5) is 1.51. The van der Waals surface area contributed by atoms with E-state index in [0.29, 0.717) is 26.1 Å². The highest BCUT2D eigenvalue weighted by atomic mass is 19.3. The molecule has 0 aromatic rings. The van der Waals surface area contributed by atoms with Crippen LogP contribution in [0.4, 0.5) is 8.78 Å². The Labute approximate surface area is 71.2 Å². The smallest absolute Gasteiger partial charge is 0.251 e. The molecule has 0 saturated carbocycles. The lowest BCUT2D eigenvalue weighted by Crippen LogP contribution is -2.33. The van der Waals surface area contributed by atoms with E-state index in [1.165, 1.54) is 4.90 Å². The average Bonchev–Trinajstić information content (AvgIpc) is 2.00. The van der Waals surface area contributed by atoms with Crippen LogP contribution in [0, 0.1) is 0 Å². The normalized spacial score (nSPS) is 11.5. The molecule has 0 aliphatic rings. The number of hydrogen-bond acceptors (Lipinski definition) is 3. The van der Waals surface area contributed by atoms with Gasteiger partial charge in [0.15, 0.2) is 0 Å². The number of rotatable bonds is 7. The van der Waals surface area contributed by atoms with Gasteiger partial charge >= 0.3 is 0 Å². The lowest BCUT2D eigenvalue weighted by Gasteiger charge is -2.19. The van der Waals surface area contributed by atoms with Crippen molar-refractivity contribution in [1.82, 2.24) is 4.90 Å². The molecule has 0 rings (SSSR count). The molecule has 0 unspecified atom stereocenters. The molecule has 5 heteroatoms. The fourth-order valence-electron chi connectivity index (χ4n) is 0.946. The van der Waals surface area contributed by atoms with Crippen LogP contribution in [0.15, 0.2) is 0 Å². The zero-order valence-electron chi connectivity index (χ0n) is 7.05. The number of halogens is 2. The van der Waals surface area contributed by atoms with Gasteiger partial charge in [0.1, 0.15) is 0 Å². The molecule has 0 atom stereocenters. The fourth-order valence-corrected chi connectivity index (χ4v) is 0.946. The summed E-state index contributed by atoms with van der Waals surface area (Å²) in [6.45, 7) is 0.953. The third-order valence-corrected chi connectivity index (χ3v) is 1.49. The summed E-state index contributed by atoms with van der Waals surface area (Å²) < 4.78 is 23.8. The zero-order valence-corrected chi connectivity index (χ0v) is 7.05. The first-order valence-corrected chi connectivity index (χ1v) is 4.02. The van der Waals surface area contributed by atoms with Gasteiger partial charge in [-0.15, -0.1) is 0 Å². The van der Waals surface area contributed by atoms with Gasteiger partial charge in [-0.05, 0) is 19.5 Å². The van der Waals surface area contributed by atoms with Gasteiger partial charge in [-0.1, -0.05) is 0 Å². The molecule has 0 aliphatic carbocycles. The molecule has 0 heterocycles. The van der Waals surface area contributed by atoms with Gasteiger partial charge in [0.05, 0.1) is 13.2 Å². The minimum Gasteiger partial charge on any atom is -0.395 e. The van der Waals surface area contributed by atoms with Crippen LogP contribution in [0.5, 0.6) is 0 Å². The van der Waals surface area contributed by atoms with Gasteiger partial charge < -0.3 is 10.8 Å². The third-order valence-electron chi connectivity index (χ3n) is 1.49. The highest BCUT2D eigenvalue weighted by Crippen LogP contribution is 1.98. The van der Waals surface area contributed by atoms with Crippen molar-refractivity contribution < 1.29 is 13.9 Å². The van der Waals surface area contributed by atoms with E-state index in [0.717, 1.165) is 0 Å². The Kier molecular flexibility index (Phi) is 7.23. The van der Waals surface area contributed by atoms with E-state index in [9.17, 15) is 8.78 Å². The van der Waals surface area contributed by atoms with E-state index in [-0.39, 0.29) is 13.2 Å². The third kappa shape index (κ3) is 6.45. The summed E-state index contributed by atoms with van der Waals surface area (Å²) in [6, 6.07) is 0. The maximum absolute atomic E-state index is 11.9. The maximum atomic E-state index is 11.9. The number of alkyl halides is 2. The van der Waals surface area contributed by atoms with Crippen LogP contribution >= 0.6 is 0 Å². The van der Waals surface area contributed by atoms with E-state index in [4.69, 9.17) is 10.8 Å². The van der Waals surface area contributed by atoms with Gasteiger partial charge in [0.2, 0.25) is 0 Å². The molecule has 0 bridgehead atoms. The monoisotopic (exact) mass is 182 g/mol. The summed E-state index contributed by atoms with van der Waals surface area (Å²) in [6.07, 6.45) is -1.65. The van der Waals surface area contributed by atoms with Crippen molar-refractivity contribution in [2.24, 2.45) is 5.73 Å². The van der Waals surface area contributed by atoms with Crippen LogP contribution in [0.3, 0.4) is 0 Å². The quantitative estimate of drug-likeness (QED) is 0.578. The van der Waals surface area contributed by atoms with Crippen LogP contribution in [0.1, 0.15) is 6.42 Å². The Bertz CT molecular complexity index is 103. The van der Waals surface area contributed by atoms with Crippen LogP contribution in [0.2, 0.25) is 0 Å². The van der Waals surface area contributed by atoms with Gasteiger partial charge in [-0.3, -0.25) is 4.90 Å². The minimum absolute atomic E-state index is 0.0860. The summed E-state index contributed by atoms with van der Waals surface area (Å²) in [5, 5.41) is 8.53. The van der Waals surface area contributed by atoms with Crippen molar-refractivity contribution in [2.45, 2.75) is 12.8 Å². The lowest BCUT2D eigenvalue weighted by molar-refractivity contribution is 0.0781. The molecule has 0 spiro atoms. The summed E-state index contributed by atoms with van der Waals surface area (Å²) in [5.74, 6) is 0. The average molecular weight is 182 g/mol. The van der Waals surface area contributed by atoms with Crippen molar-refractivity contribution in [2.75, 3.05) is 32.8 Å². The molecule has 3 N–H and O–H groups in total. The first kappa shape index (κ1) is 11.7. The largest absolute Gasteiger partial charge is 0.395 e. The maximum Gasteiger partial charge on any atom is 0.251 e. The minimum atomic E-state index is -2.34. The van der Waals surface area contributed by atoms with E-state index in [1.54, 1.807) is 0 Å². The molecule has 0 aromatic heterocycles. The Morgan fingerprint density at radius 3 is 2.42 bits per heavy atom. The Hall–Kier alpha value is -0.260. The van der Waals surface area contributed by atoms with Crippen LogP contribution in [-0.2, 0) is 0 Å². The Balaban J connectivity index is 3.54. The van der Waals surface area contributed by atoms with Gasteiger partial charge in [0, 0.05) is 6.54 Å². The highest BCUT2D eigenvalue weighted by Gasteiger charge is 2.10. The van der Waals surface area contributed by atoms with Gasteiger partial charge in [-0.2, -0.15) is 0 Å². The molecular formula is C7H16F2N2O. The first-order chi connectivity index (χ1) is 5.70. The van der Waals surface area contributed by atoms with Crippen molar-refractivity contribution in [3.63, 3.8) is 0 Å². The SMILES string of the molecule is NCCCN(CCO)CC(F)F. The number of aliphatic hydroxyl groups is 1. The van der Waals surface area contributed by atoms with E-state index in [2.05, 4.69) is 0 Å². The van der Waals surface area contributed by atoms with E-state index in [1.807, 2.05) is 0 Å². The van der Waals surface area contributed by atoms with E-state index >= 15 is 0 Å². The van der Waals surface area contributed by atoms with Crippen molar-refractivity contribution >= 4 is 0 Å². The zero-order chi connectivity index (χ0) is 9.40. The van der Waals surface area contributed by atoms with Crippen LogP contribution < -0.4 is 5.73 Å². The van der Waals surface area contributed by atoms with Crippen molar-refractivity contribution in [1.29, 1.82) is 0 Å². The van der Waals surface area contributed by atoms with Crippen molar-refractivity contribution in [3.05, 3.63) is 0 Å². The molecule has 0 aromatic carbocycles. The molecule has 0 fully saturated rings. The number of nitrogens with zero attached hydrogens (tertiary/aromatic N) is 1. The molecule has 74 valence electrons. The first-order valence-electron chi connectivity index (χ1n) is 4.02. The Morgan fingerprint density at radius 2 is 2.00 bits per heavy atom. The van der Waals surface area contributed by atoms with Crippen molar-refractivity contribution in [3.8, 4) is 0 Å². The number of hydrogen-bond donors (Lipinski definition) is 2. The van der Waals surface area contributed by atoms with E-state index < -0.39 is 6.43 Å². The second-order valence-corrected chi connectivity index (χ2v) is 2.56. The summed E-state index contributed by atoms with van der Waals surface area (Å²) >= 11 is 0. The molecular weight excluding hydrogens is 166 g/mol. The Morgan fingerprint density at radius 1 is 1.33 bits per heavy atom.